The normalized spacial score (nSPS) is 18.5. The lowest BCUT2D eigenvalue weighted by Gasteiger charge is -2.10. The minimum Gasteiger partial charge on any atom is -0.493 e. The Bertz CT molecular complexity index is 436. The van der Waals surface area contributed by atoms with Gasteiger partial charge < -0.3 is 9.57 Å². The number of hydrogen-bond donors (Lipinski definition) is 0. The summed E-state index contributed by atoms with van der Waals surface area (Å²) in [4.78, 5) is 16.1. The van der Waals surface area contributed by atoms with Gasteiger partial charge in [-0.15, -0.1) is 0 Å². The van der Waals surface area contributed by atoms with Crippen molar-refractivity contribution >= 4 is 11.5 Å². The summed E-state index contributed by atoms with van der Waals surface area (Å²) in [7, 11) is 0. The summed E-state index contributed by atoms with van der Waals surface area (Å²) in [5.74, 6) is 1.04. The third-order valence-corrected chi connectivity index (χ3v) is 2.79. The van der Waals surface area contributed by atoms with Crippen LogP contribution in [-0.4, -0.2) is 24.7 Å². The van der Waals surface area contributed by atoms with Gasteiger partial charge in [0, 0.05) is 5.56 Å². The smallest absolute Gasteiger partial charge is 0.159 e. The molecule has 1 heterocycles. The van der Waals surface area contributed by atoms with E-state index in [1.54, 1.807) is 31.2 Å². The Kier molecular flexibility index (Phi) is 3.42. The van der Waals surface area contributed by atoms with E-state index >= 15 is 0 Å². The highest BCUT2D eigenvalue weighted by Gasteiger charge is 2.20. The first-order valence-electron chi connectivity index (χ1n) is 5.57. The number of ether oxygens (including phenoxy) is 1. The second-order valence-corrected chi connectivity index (χ2v) is 4.12. The molecule has 0 saturated carbocycles. The summed E-state index contributed by atoms with van der Waals surface area (Å²) >= 11 is 0. The number of Topliss-reactive ketones (excluding diaryl/α,β-unsaturated/α-hetero) is 1. The van der Waals surface area contributed by atoms with E-state index in [9.17, 15) is 4.79 Å². The maximum atomic E-state index is 11.1. The highest BCUT2D eigenvalue weighted by atomic mass is 16.6. The van der Waals surface area contributed by atoms with Gasteiger partial charge >= 0.3 is 0 Å². The molecule has 1 aromatic rings. The second-order valence-electron chi connectivity index (χ2n) is 4.12. The van der Waals surface area contributed by atoms with Gasteiger partial charge in [-0.3, -0.25) is 4.79 Å². The number of carbonyl (C=O) groups is 1. The van der Waals surface area contributed by atoms with Gasteiger partial charge in [-0.1, -0.05) is 5.16 Å². The zero-order chi connectivity index (χ0) is 12.3. The van der Waals surface area contributed by atoms with Crippen LogP contribution in [0.3, 0.4) is 0 Å². The van der Waals surface area contributed by atoms with E-state index in [-0.39, 0.29) is 11.7 Å². The summed E-state index contributed by atoms with van der Waals surface area (Å²) in [6, 6.07) is 7.14. The first kappa shape index (κ1) is 11.6. The van der Waals surface area contributed by atoms with Gasteiger partial charge in [0.1, 0.15) is 12.4 Å². The molecule has 0 fully saturated rings. The number of benzene rings is 1. The Balaban J connectivity index is 1.91. The number of nitrogens with zero attached hydrogens (tertiary/aromatic N) is 1. The second kappa shape index (κ2) is 4.99. The lowest BCUT2D eigenvalue weighted by molar-refractivity contribution is 0.101. The van der Waals surface area contributed by atoms with Gasteiger partial charge in [0.15, 0.2) is 5.78 Å². The van der Waals surface area contributed by atoms with Gasteiger partial charge in [-0.2, -0.15) is 0 Å². The topological polar surface area (TPSA) is 47.9 Å². The molecule has 1 aliphatic rings. The Morgan fingerprint density at radius 1 is 1.47 bits per heavy atom. The molecular formula is C13H15NO3. The molecule has 0 N–H and O–H groups in total. The Morgan fingerprint density at radius 3 is 2.71 bits per heavy atom. The monoisotopic (exact) mass is 233 g/mol. The molecular weight excluding hydrogens is 218 g/mol. The number of carbonyl (C=O) groups excluding carboxylic acids is 1. The van der Waals surface area contributed by atoms with Crippen LogP contribution in [0.15, 0.2) is 29.4 Å². The average molecular weight is 233 g/mol. The number of rotatable bonds is 4. The molecule has 4 heteroatoms. The number of oxime groups is 1. The zero-order valence-electron chi connectivity index (χ0n) is 9.97. The molecule has 1 aromatic carbocycles. The van der Waals surface area contributed by atoms with Crippen molar-refractivity contribution in [3.05, 3.63) is 29.8 Å². The molecule has 1 atom stereocenters. The van der Waals surface area contributed by atoms with E-state index in [1.807, 2.05) is 6.92 Å². The first-order valence-corrected chi connectivity index (χ1v) is 5.57. The third kappa shape index (κ3) is 2.84. The van der Waals surface area contributed by atoms with Crippen LogP contribution in [0, 0.1) is 5.92 Å². The van der Waals surface area contributed by atoms with Crippen LogP contribution in [0.25, 0.3) is 0 Å². The van der Waals surface area contributed by atoms with Crippen molar-refractivity contribution in [1.82, 2.24) is 0 Å². The van der Waals surface area contributed by atoms with Crippen molar-refractivity contribution < 1.29 is 14.4 Å². The fourth-order valence-corrected chi connectivity index (χ4v) is 1.58. The maximum absolute atomic E-state index is 11.1. The van der Waals surface area contributed by atoms with Gasteiger partial charge in [-0.05, 0) is 38.1 Å². The largest absolute Gasteiger partial charge is 0.493 e. The lowest BCUT2D eigenvalue weighted by Crippen LogP contribution is -2.19. The van der Waals surface area contributed by atoms with Gasteiger partial charge in [0.2, 0.25) is 0 Å². The molecule has 0 spiro atoms. The van der Waals surface area contributed by atoms with E-state index in [2.05, 4.69) is 5.16 Å². The molecule has 2 rings (SSSR count). The van der Waals surface area contributed by atoms with Gasteiger partial charge in [-0.25, -0.2) is 0 Å². The van der Waals surface area contributed by atoms with Crippen LogP contribution in [-0.2, 0) is 4.84 Å². The summed E-state index contributed by atoms with van der Waals surface area (Å²) in [6.45, 7) is 4.61. The standard InChI is InChI=1S/C13H15NO3/c1-9-12(8-17-14-9)7-16-13-5-3-11(4-6-13)10(2)15/h3-6,12H,7-8H2,1-2H3. The summed E-state index contributed by atoms with van der Waals surface area (Å²) in [5, 5.41) is 3.86. The minimum absolute atomic E-state index is 0.0590. The summed E-state index contributed by atoms with van der Waals surface area (Å²) < 4.78 is 5.62. The Morgan fingerprint density at radius 2 is 2.18 bits per heavy atom. The molecule has 90 valence electrons. The first-order chi connectivity index (χ1) is 8.16. The Hall–Kier alpha value is -1.84. The predicted octanol–water partition coefficient (Wildman–Crippen LogP) is 2.29. The van der Waals surface area contributed by atoms with Crippen LogP contribution in [0.2, 0.25) is 0 Å². The highest BCUT2D eigenvalue weighted by Crippen LogP contribution is 2.16. The quantitative estimate of drug-likeness (QED) is 0.750. The molecule has 17 heavy (non-hydrogen) atoms. The van der Waals surface area contributed by atoms with E-state index in [0.29, 0.717) is 18.8 Å². The summed E-state index contributed by atoms with van der Waals surface area (Å²) in [5.41, 5.74) is 1.66. The third-order valence-electron chi connectivity index (χ3n) is 2.79. The minimum atomic E-state index is 0.0590. The van der Waals surface area contributed by atoms with E-state index in [4.69, 9.17) is 9.57 Å². The van der Waals surface area contributed by atoms with E-state index < -0.39 is 0 Å². The average Bonchev–Trinajstić information content (AvgIpc) is 2.73. The molecule has 4 nitrogen and oxygen atoms in total. The van der Waals surface area contributed by atoms with Crippen LogP contribution < -0.4 is 4.74 Å². The van der Waals surface area contributed by atoms with E-state index in [1.165, 1.54) is 0 Å². The van der Waals surface area contributed by atoms with Gasteiger partial charge in [0.05, 0.1) is 18.2 Å². The number of hydrogen-bond acceptors (Lipinski definition) is 4. The molecule has 0 bridgehead atoms. The summed E-state index contributed by atoms with van der Waals surface area (Å²) in [6.07, 6.45) is 0. The molecule has 0 aliphatic carbocycles. The van der Waals surface area contributed by atoms with Crippen molar-refractivity contribution in [1.29, 1.82) is 0 Å². The maximum Gasteiger partial charge on any atom is 0.159 e. The van der Waals surface area contributed by atoms with Crippen molar-refractivity contribution in [2.24, 2.45) is 11.1 Å². The van der Waals surface area contributed by atoms with Crippen LogP contribution in [0.5, 0.6) is 5.75 Å². The fraction of sp³-hybridized carbons (Fsp3) is 0.385. The fourth-order valence-electron chi connectivity index (χ4n) is 1.58. The van der Waals surface area contributed by atoms with Crippen LogP contribution in [0.4, 0.5) is 0 Å². The Labute approximate surface area is 100 Å². The molecule has 1 aliphatic heterocycles. The molecule has 0 radical (unpaired) electrons. The number of ketones is 1. The molecule has 0 saturated heterocycles. The van der Waals surface area contributed by atoms with Crippen molar-refractivity contribution in [3.8, 4) is 5.75 Å². The molecule has 0 aromatic heterocycles. The molecule has 1 unspecified atom stereocenters. The van der Waals surface area contributed by atoms with E-state index in [0.717, 1.165) is 11.5 Å². The molecule has 0 amide bonds. The van der Waals surface area contributed by atoms with Gasteiger partial charge in [0.25, 0.3) is 0 Å². The van der Waals surface area contributed by atoms with Crippen LogP contribution >= 0.6 is 0 Å². The lowest BCUT2D eigenvalue weighted by atomic mass is 10.1. The predicted molar refractivity (Wildman–Crippen MR) is 64.5 cm³/mol. The highest BCUT2D eigenvalue weighted by molar-refractivity contribution is 5.94. The SMILES string of the molecule is CC(=O)c1ccc(OCC2CON=C2C)cc1. The van der Waals surface area contributed by atoms with Crippen molar-refractivity contribution in [3.63, 3.8) is 0 Å². The van der Waals surface area contributed by atoms with Crippen molar-refractivity contribution in [2.75, 3.05) is 13.2 Å². The van der Waals surface area contributed by atoms with Crippen LogP contribution in [0.1, 0.15) is 24.2 Å². The van der Waals surface area contributed by atoms with Crippen molar-refractivity contribution in [2.45, 2.75) is 13.8 Å². The zero-order valence-corrected chi connectivity index (χ0v) is 9.97.